The normalized spacial score (nSPS) is 12.2. The summed E-state index contributed by atoms with van der Waals surface area (Å²) in [6.45, 7) is 2.63. The van der Waals surface area contributed by atoms with E-state index in [0.29, 0.717) is 30.3 Å². The van der Waals surface area contributed by atoms with Crippen LogP contribution in [0.2, 0.25) is 0 Å². The fraction of sp³-hybridized carbons (Fsp3) is 0.368. The zero-order valence-electron chi connectivity index (χ0n) is 14.5. The Labute approximate surface area is 157 Å². The lowest BCUT2D eigenvalue weighted by atomic mass is 10.0. The lowest BCUT2D eigenvalue weighted by molar-refractivity contribution is -0.136. The van der Waals surface area contributed by atoms with E-state index in [9.17, 15) is 13.2 Å². The van der Waals surface area contributed by atoms with Crippen LogP contribution in [0.4, 0.5) is 13.2 Å². The molecule has 0 unspecified atom stereocenters. The van der Waals surface area contributed by atoms with Crippen LogP contribution in [0.1, 0.15) is 36.9 Å². The van der Waals surface area contributed by atoms with Gasteiger partial charge >= 0.3 is 6.18 Å². The summed E-state index contributed by atoms with van der Waals surface area (Å²) in [5.74, 6) is 1.02. The van der Waals surface area contributed by atoms with Crippen molar-refractivity contribution in [3.63, 3.8) is 0 Å². The molecular formula is C19H23ClF3NO2. The Bertz CT molecular complexity index is 666. The van der Waals surface area contributed by atoms with Crippen LogP contribution in [0.3, 0.4) is 0 Å². The van der Waals surface area contributed by atoms with Gasteiger partial charge in [-0.25, -0.2) is 0 Å². The zero-order valence-corrected chi connectivity index (χ0v) is 15.3. The molecule has 7 heteroatoms. The van der Waals surface area contributed by atoms with Crippen molar-refractivity contribution < 1.29 is 22.6 Å². The van der Waals surface area contributed by atoms with E-state index in [-0.39, 0.29) is 18.8 Å². The molecule has 0 bridgehead atoms. The lowest BCUT2D eigenvalue weighted by Gasteiger charge is -2.17. The van der Waals surface area contributed by atoms with E-state index in [0.717, 1.165) is 5.56 Å². The number of alkyl halides is 3. The van der Waals surface area contributed by atoms with Gasteiger partial charge in [-0.05, 0) is 36.6 Å². The molecule has 144 valence electrons. The molecule has 0 saturated carbocycles. The molecule has 2 N–H and O–H groups in total. The molecule has 0 aliphatic rings. The molecule has 3 nitrogen and oxygen atoms in total. The molecule has 0 aliphatic carbocycles. The topological polar surface area (TPSA) is 44.5 Å². The molecule has 2 rings (SSSR count). The predicted octanol–water partition coefficient (Wildman–Crippen LogP) is 5.43. The molecule has 2 aromatic carbocycles. The summed E-state index contributed by atoms with van der Waals surface area (Å²) in [6.07, 6.45) is -5.29. The molecule has 0 amide bonds. The second-order valence-corrected chi connectivity index (χ2v) is 5.67. The molecule has 0 radical (unpaired) electrons. The number of benzene rings is 2. The lowest BCUT2D eigenvalue weighted by Crippen LogP contribution is -2.16. The summed E-state index contributed by atoms with van der Waals surface area (Å²) < 4.78 is 48.4. The van der Waals surface area contributed by atoms with E-state index in [1.807, 2.05) is 37.3 Å². The summed E-state index contributed by atoms with van der Waals surface area (Å²) >= 11 is 0. The summed E-state index contributed by atoms with van der Waals surface area (Å²) in [5, 5.41) is 0. The van der Waals surface area contributed by atoms with Gasteiger partial charge in [0, 0.05) is 12.5 Å². The summed E-state index contributed by atoms with van der Waals surface area (Å²) in [7, 11) is 0. The van der Waals surface area contributed by atoms with Crippen molar-refractivity contribution in [2.45, 2.75) is 38.6 Å². The summed E-state index contributed by atoms with van der Waals surface area (Å²) in [6, 6.07) is 14.0. The first-order valence-electron chi connectivity index (χ1n) is 8.15. The fourth-order valence-electron chi connectivity index (χ4n) is 2.36. The maximum Gasteiger partial charge on any atom is 0.389 e. The zero-order chi connectivity index (χ0) is 18.3. The first-order chi connectivity index (χ1) is 11.9. The van der Waals surface area contributed by atoms with Crippen LogP contribution in [0, 0.1) is 0 Å². The molecular weight excluding hydrogens is 367 g/mol. The standard InChI is InChI=1S/C19H22F3NO2.ClH/c1-2-24-18-12-15(16(23)10-11-19(20,21)22)8-9-17(18)25-13-14-6-4-3-5-7-14;/h3-9,12,16H,2,10-11,13,23H2,1H3;1H/t16-;/m0./s1. The number of hydrogen-bond acceptors (Lipinski definition) is 3. The van der Waals surface area contributed by atoms with E-state index in [4.69, 9.17) is 15.2 Å². The Kier molecular flexibility index (Phi) is 8.75. The average molecular weight is 390 g/mol. The molecule has 0 aromatic heterocycles. The monoisotopic (exact) mass is 389 g/mol. The first kappa shape index (κ1) is 22.1. The van der Waals surface area contributed by atoms with Crippen LogP contribution >= 0.6 is 12.4 Å². The van der Waals surface area contributed by atoms with Crippen molar-refractivity contribution in [2.75, 3.05) is 6.61 Å². The molecule has 1 atom stereocenters. The van der Waals surface area contributed by atoms with Crippen LogP contribution in [-0.4, -0.2) is 12.8 Å². The largest absolute Gasteiger partial charge is 0.490 e. The Hall–Kier alpha value is -1.92. The minimum absolute atomic E-state index is 0. The molecule has 2 aromatic rings. The SMILES string of the molecule is CCOc1cc([C@@H](N)CCC(F)(F)F)ccc1OCc1ccccc1.Cl. The first-order valence-corrected chi connectivity index (χ1v) is 8.15. The van der Waals surface area contributed by atoms with Gasteiger partial charge in [-0.3, -0.25) is 0 Å². The third-order valence-electron chi connectivity index (χ3n) is 3.67. The van der Waals surface area contributed by atoms with Gasteiger partial charge in [0.05, 0.1) is 6.61 Å². The van der Waals surface area contributed by atoms with E-state index in [1.54, 1.807) is 18.2 Å². The second kappa shape index (κ2) is 10.3. The van der Waals surface area contributed by atoms with Crippen molar-refractivity contribution in [3.05, 3.63) is 59.7 Å². The predicted molar refractivity (Wildman–Crippen MR) is 97.9 cm³/mol. The third kappa shape index (κ3) is 7.14. The number of hydrogen-bond donors (Lipinski definition) is 1. The minimum atomic E-state index is -4.21. The van der Waals surface area contributed by atoms with Gasteiger partial charge in [0.25, 0.3) is 0 Å². The van der Waals surface area contributed by atoms with E-state index >= 15 is 0 Å². The quantitative estimate of drug-likeness (QED) is 0.654. The van der Waals surface area contributed by atoms with E-state index in [1.165, 1.54) is 0 Å². The van der Waals surface area contributed by atoms with Gasteiger partial charge in [0.1, 0.15) is 6.61 Å². The van der Waals surface area contributed by atoms with Crippen molar-refractivity contribution in [1.82, 2.24) is 0 Å². The number of nitrogens with two attached hydrogens (primary N) is 1. The van der Waals surface area contributed by atoms with Crippen molar-refractivity contribution >= 4 is 12.4 Å². The maximum atomic E-state index is 12.4. The van der Waals surface area contributed by atoms with Crippen LogP contribution in [0.5, 0.6) is 11.5 Å². The van der Waals surface area contributed by atoms with Gasteiger partial charge in [-0.15, -0.1) is 12.4 Å². The van der Waals surface area contributed by atoms with Gasteiger partial charge < -0.3 is 15.2 Å². The Balaban J connectivity index is 0.00000338. The maximum absolute atomic E-state index is 12.4. The molecule has 0 spiro atoms. The van der Waals surface area contributed by atoms with Gasteiger partial charge in [0.15, 0.2) is 11.5 Å². The van der Waals surface area contributed by atoms with Gasteiger partial charge in [0.2, 0.25) is 0 Å². The Morgan fingerprint density at radius 3 is 2.31 bits per heavy atom. The summed E-state index contributed by atoms with van der Waals surface area (Å²) in [4.78, 5) is 0. The van der Waals surface area contributed by atoms with E-state index < -0.39 is 18.6 Å². The fourth-order valence-corrected chi connectivity index (χ4v) is 2.36. The molecule has 0 fully saturated rings. The van der Waals surface area contributed by atoms with Gasteiger partial charge in [-0.2, -0.15) is 13.2 Å². The van der Waals surface area contributed by atoms with Crippen molar-refractivity contribution in [1.29, 1.82) is 0 Å². The third-order valence-corrected chi connectivity index (χ3v) is 3.67. The van der Waals surface area contributed by atoms with Crippen LogP contribution in [-0.2, 0) is 6.61 Å². The van der Waals surface area contributed by atoms with Crippen LogP contribution in [0.15, 0.2) is 48.5 Å². The number of ether oxygens (including phenoxy) is 2. The smallest absolute Gasteiger partial charge is 0.389 e. The van der Waals surface area contributed by atoms with Gasteiger partial charge in [-0.1, -0.05) is 36.4 Å². The van der Waals surface area contributed by atoms with Crippen LogP contribution in [0.25, 0.3) is 0 Å². The van der Waals surface area contributed by atoms with Crippen molar-refractivity contribution in [2.24, 2.45) is 5.73 Å². The Morgan fingerprint density at radius 2 is 1.69 bits per heavy atom. The molecule has 0 heterocycles. The Morgan fingerprint density at radius 1 is 1.00 bits per heavy atom. The molecule has 0 saturated heterocycles. The number of halogens is 4. The highest BCUT2D eigenvalue weighted by Crippen LogP contribution is 2.33. The summed E-state index contributed by atoms with van der Waals surface area (Å²) in [5.41, 5.74) is 7.49. The highest BCUT2D eigenvalue weighted by atomic mass is 35.5. The molecule has 26 heavy (non-hydrogen) atoms. The van der Waals surface area contributed by atoms with Crippen molar-refractivity contribution in [3.8, 4) is 11.5 Å². The highest BCUT2D eigenvalue weighted by molar-refractivity contribution is 5.85. The average Bonchev–Trinajstić information content (AvgIpc) is 2.59. The molecule has 0 aliphatic heterocycles. The van der Waals surface area contributed by atoms with E-state index in [2.05, 4.69) is 0 Å². The number of rotatable bonds is 8. The minimum Gasteiger partial charge on any atom is -0.490 e. The van der Waals surface area contributed by atoms with Crippen LogP contribution < -0.4 is 15.2 Å². The highest BCUT2D eigenvalue weighted by Gasteiger charge is 2.28. The second-order valence-electron chi connectivity index (χ2n) is 5.67.